The summed E-state index contributed by atoms with van der Waals surface area (Å²) < 4.78 is 10.4. The molecule has 29 heavy (non-hydrogen) atoms. The minimum absolute atomic E-state index is 0.146. The molecule has 3 rings (SSSR count). The Morgan fingerprint density at radius 3 is 2.72 bits per heavy atom. The molecule has 0 aliphatic carbocycles. The van der Waals surface area contributed by atoms with Crippen LogP contribution in [0.4, 0.5) is 5.13 Å². The maximum atomic E-state index is 12.2. The predicted octanol–water partition coefficient (Wildman–Crippen LogP) is 0.191. The van der Waals surface area contributed by atoms with Crippen molar-refractivity contribution in [1.29, 1.82) is 0 Å². The van der Waals surface area contributed by atoms with Crippen molar-refractivity contribution in [2.45, 2.75) is 13.3 Å². The van der Waals surface area contributed by atoms with Gasteiger partial charge < -0.3 is 24.3 Å². The quantitative estimate of drug-likeness (QED) is 0.481. The fourth-order valence-electron chi connectivity index (χ4n) is 2.63. The Balaban J connectivity index is 1.50. The number of rotatable bonds is 8. The van der Waals surface area contributed by atoms with Crippen LogP contribution in [0.1, 0.15) is 18.2 Å². The van der Waals surface area contributed by atoms with E-state index in [0.29, 0.717) is 30.4 Å². The molecule has 1 saturated heterocycles. The van der Waals surface area contributed by atoms with Gasteiger partial charge in [-0.1, -0.05) is 0 Å². The molecule has 1 aliphatic heterocycles. The molecule has 0 spiro atoms. The van der Waals surface area contributed by atoms with E-state index in [0.717, 1.165) is 23.8 Å². The first-order valence-corrected chi connectivity index (χ1v) is 9.92. The lowest BCUT2D eigenvalue weighted by atomic mass is 10.1. The lowest BCUT2D eigenvalue weighted by Gasteiger charge is -2.26. The molecule has 2 aromatic rings. The van der Waals surface area contributed by atoms with Crippen molar-refractivity contribution in [2.75, 3.05) is 37.8 Å². The van der Waals surface area contributed by atoms with Crippen molar-refractivity contribution in [1.82, 2.24) is 10.4 Å². The summed E-state index contributed by atoms with van der Waals surface area (Å²) in [4.78, 5) is 29.2. The van der Waals surface area contributed by atoms with E-state index in [1.165, 1.54) is 11.3 Å². The second kappa shape index (κ2) is 9.99. The van der Waals surface area contributed by atoms with Crippen molar-refractivity contribution in [2.24, 2.45) is 5.10 Å². The van der Waals surface area contributed by atoms with Crippen LogP contribution in [0.3, 0.4) is 0 Å². The average molecular weight is 417 g/mol. The maximum absolute atomic E-state index is 12.2. The zero-order valence-electron chi connectivity index (χ0n) is 15.9. The molecule has 1 fully saturated rings. The van der Waals surface area contributed by atoms with Gasteiger partial charge in [0, 0.05) is 18.5 Å². The molecule has 0 atom stereocenters. The third-order valence-electron chi connectivity index (χ3n) is 4.14. The minimum atomic E-state index is -1.29. The predicted molar refractivity (Wildman–Crippen MR) is 106 cm³/mol. The third kappa shape index (κ3) is 6.26. The lowest BCUT2D eigenvalue weighted by Crippen LogP contribution is -2.36. The van der Waals surface area contributed by atoms with Gasteiger partial charge in [-0.3, -0.25) is 4.79 Å². The Kier molecular flexibility index (Phi) is 7.14. The highest BCUT2D eigenvalue weighted by Crippen LogP contribution is 2.21. The summed E-state index contributed by atoms with van der Waals surface area (Å²) in [7, 11) is 0. The SMILES string of the molecule is C/C(=N/NC(=O)Cc1csc(N2CCOCC2)n1)c1ccc(OCC(=O)[O-])cc1. The number of hydrogen-bond acceptors (Lipinski definition) is 9. The first kappa shape index (κ1) is 20.7. The molecule has 1 aliphatic rings. The van der Waals surface area contributed by atoms with Gasteiger partial charge in [0.15, 0.2) is 5.13 Å². The maximum Gasteiger partial charge on any atom is 0.246 e. The van der Waals surface area contributed by atoms with E-state index in [9.17, 15) is 14.7 Å². The van der Waals surface area contributed by atoms with Crippen LogP contribution in [0, 0.1) is 0 Å². The minimum Gasteiger partial charge on any atom is -0.546 e. The monoisotopic (exact) mass is 417 g/mol. The Hall–Kier alpha value is -2.98. The zero-order chi connectivity index (χ0) is 20.6. The molecule has 154 valence electrons. The average Bonchev–Trinajstić information content (AvgIpc) is 3.20. The summed E-state index contributed by atoms with van der Waals surface area (Å²) in [6.45, 7) is 4.24. The highest BCUT2D eigenvalue weighted by Gasteiger charge is 2.15. The fourth-order valence-corrected chi connectivity index (χ4v) is 3.51. The number of aromatic nitrogens is 1. The van der Waals surface area contributed by atoms with E-state index in [4.69, 9.17) is 9.47 Å². The van der Waals surface area contributed by atoms with Crippen LogP contribution in [0.15, 0.2) is 34.7 Å². The van der Waals surface area contributed by atoms with E-state index < -0.39 is 12.6 Å². The Bertz CT molecular complexity index is 875. The van der Waals surface area contributed by atoms with E-state index in [1.54, 1.807) is 31.2 Å². The number of thiazole rings is 1. The van der Waals surface area contributed by atoms with Crippen molar-refractivity contribution < 1.29 is 24.2 Å². The molecule has 0 bridgehead atoms. The number of carboxylic acid groups (broad SMARTS) is 1. The number of anilines is 1. The highest BCUT2D eigenvalue weighted by molar-refractivity contribution is 7.13. The second-order valence-corrected chi connectivity index (χ2v) is 7.15. The molecule has 1 aromatic heterocycles. The van der Waals surface area contributed by atoms with Gasteiger partial charge in [0.2, 0.25) is 5.91 Å². The third-order valence-corrected chi connectivity index (χ3v) is 5.09. The Labute approximate surface area is 172 Å². The number of amides is 1. The molecule has 0 saturated carbocycles. The Morgan fingerprint density at radius 1 is 1.31 bits per heavy atom. The number of aliphatic carboxylic acids is 1. The van der Waals surface area contributed by atoms with Crippen molar-refractivity contribution >= 4 is 34.1 Å². The molecular formula is C19H21N4O5S-. The molecule has 0 unspecified atom stereocenters. The second-order valence-electron chi connectivity index (χ2n) is 6.31. The number of hydrazone groups is 1. The number of carbonyl (C=O) groups excluding carboxylic acids is 2. The van der Waals surface area contributed by atoms with Crippen LogP contribution in [0.2, 0.25) is 0 Å². The van der Waals surface area contributed by atoms with Gasteiger partial charge in [0.1, 0.15) is 12.4 Å². The molecule has 1 N–H and O–H groups in total. The standard InChI is InChI=1S/C19H22N4O5S/c1-13(14-2-4-16(5-3-14)28-11-18(25)26)21-22-17(24)10-15-12-29-19(20-15)23-6-8-27-9-7-23/h2-5,12H,6-11H2,1H3,(H,22,24)(H,25,26)/p-1/b21-13-. The number of nitrogens with one attached hydrogen (secondary N) is 1. The van der Waals surface area contributed by atoms with Gasteiger partial charge in [-0.05, 0) is 36.8 Å². The molecule has 0 radical (unpaired) electrons. The van der Waals surface area contributed by atoms with Crippen molar-refractivity contribution in [3.05, 3.63) is 40.9 Å². The van der Waals surface area contributed by atoms with E-state index in [-0.39, 0.29) is 12.3 Å². The molecule has 9 nitrogen and oxygen atoms in total. The van der Waals surface area contributed by atoms with E-state index >= 15 is 0 Å². The normalized spacial score (nSPS) is 14.5. The molecular weight excluding hydrogens is 396 g/mol. The van der Waals surface area contributed by atoms with Crippen molar-refractivity contribution in [3.8, 4) is 5.75 Å². The number of morpholine rings is 1. The van der Waals surface area contributed by atoms with Crippen LogP contribution in [-0.2, 0) is 20.7 Å². The summed E-state index contributed by atoms with van der Waals surface area (Å²) in [5.74, 6) is -1.13. The lowest BCUT2D eigenvalue weighted by molar-refractivity contribution is -0.307. The number of hydrogen-bond donors (Lipinski definition) is 1. The molecule has 2 heterocycles. The molecule has 1 amide bonds. The van der Waals surface area contributed by atoms with Gasteiger partial charge >= 0.3 is 0 Å². The fraction of sp³-hybridized carbons (Fsp3) is 0.368. The summed E-state index contributed by atoms with van der Waals surface area (Å²) in [5, 5.41) is 17.3. The number of carbonyl (C=O) groups is 2. The first-order valence-electron chi connectivity index (χ1n) is 9.04. The van der Waals surface area contributed by atoms with Crippen LogP contribution in [-0.4, -0.2) is 55.5 Å². The zero-order valence-corrected chi connectivity index (χ0v) is 16.7. The van der Waals surface area contributed by atoms with E-state index in [2.05, 4.69) is 20.4 Å². The molecule has 1 aromatic carbocycles. The smallest absolute Gasteiger partial charge is 0.246 e. The number of benzene rings is 1. The van der Waals surface area contributed by atoms with Crippen molar-refractivity contribution in [3.63, 3.8) is 0 Å². The van der Waals surface area contributed by atoms with Gasteiger partial charge in [0.05, 0.1) is 37.0 Å². The molecule has 10 heteroatoms. The highest BCUT2D eigenvalue weighted by atomic mass is 32.1. The largest absolute Gasteiger partial charge is 0.546 e. The van der Waals surface area contributed by atoms with Gasteiger partial charge in [-0.2, -0.15) is 5.10 Å². The number of nitrogens with zero attached hydrogens (tertiary/aromatic N) is 3. The van der Waals surface area contributed by atoms with Crippen LogP contribution in [0.25, 0.3) is 0 Å². The number of ether oxygens (including phenoxy) is 2. The Morgan fingerprint density at radius 2 is 2.03 bits per heavy atom. The topological polar surface area (TPSA) is 116 Å². The summed E-state index contributed by atoms with van der Waals surface area (Å²) in [6, 6.07) is 6.71. The van der Waals surface area contributed by atoms with Gasteiger partial charge in [-0.25, -0.2) is 10.4 Å². The van der Waals surface area contributed by atoms with Gasteiger partial charge in [-0.15, -0.1) is 11.3 Å². The summed E-state index contributed by atoms with van der Waals surface area (Å²) in [5.41, 5.74) is 4.62. The number of carboxylic acids is 1. The first-order chi connectivity index (χ1) is 14.0. The van der Waals surface area contributed by atoms with Crippen LogP contribution in [0.5, 0.6) is 5.75 Å². The van der Waals surface area contributed by atoms with Crippen LogP contribution >= 0.6 is 11.3 Å². The van der Waals surface area contributed by atoms with E-state index in [1.807, 2.05) is 5.38 Å². The summed E-state index contributed by atoms with van der Waals surface area (Å²) in [6.07, 6.45) is 0.146. The summed E-state index contributed by atoms with van der Waals surface area (Å²) >= 11 is 1.52. The van der Waals surface area contributed by atoms with Crippen LogP contribution < -0.4 is 20.2 Å². The van der Waals surface area contributed by atoms with Gasteiger partial charge in [0.25, 0.3) is 0 Å².